The molecule has 0 aromatic carbocycles. The van der Waals surface area contributed by atoms with Crippen LogP contribution >= 0.6 is 0 Å². The molecule has 0 bridgehead atoms. The van der Waals surface area contributed by atoms with Crippen LogP contribution in [-0.4, -0.2) is 24.9 Å². The van der Waals surface area contributed by atoms with Gasteiger partial charge < -0.3 is 9.84 Å². The molecule has 0 amide bonds. The number of hydrogen-bond donors (Lipinski definition) is 1. The fourth-order valence-corrected chi connectivity index (χ4v) is 0.370. The predicted octanol–water partition coefficient (Wildman–Crippen LogP) is 0.404. The Bertz CT molecular complexity index is 27.6. The second-order valence-corrected chi connectivity index (χ2v) is 1.45. The van der Waals surface area contributed by atoms with Crippen LogP contribution in [0, 0.1) is 0 Å². The average molecular weight is 104 g/mol. The molecular formula is C5H12O2. The molecule has 0 radical (unpaired) electrons. The zero-order valence-corrected chi connectivity index (χ0v) is 4.85. The number of aliphatic hydroxyl groups is 1. The second-order valence-electron chi connectivity index (χ2n) is 1.45. The first-order valence-electron chi connectivity index (χ1n) is 2.48. The van der Waals surface area contributed by atoms with Gasteiger partial charge in [-0.2, -0.15) is 0 Å². The number of methoxy groups -OCH3 is 1. The summed E-state index contributed by atoms with van der Waals surface area (Å²) in [5.41, 5.74) is 0. The molecule has 0 aromatic heterocycles. The van der Waals surface area contributed by atoms with E-state index < -0.39 is 0 Å². The van der Waals surface area contributed by atoms with E-state index in [2.05, 4.69) is 0 Å². The summed E-state index contributed by atoms with van der Waals surface area (Å²) in [5.74, 6) is 0. The molecule has 0 spiro atoms. The van der Waals surface area contributed by atoms with Crippen LogP contribution in [0.15, 0.2) is 0 Å². The van der Waals surface area contributed by atoms with Gasteiger partial charge in [0.1, 0.15) is 0 Å². The zero-order chi connectivity index (χ0) is 5.70. The van der Waals surface area contributed by atoms with Crippen LogP contribution in [-0.2, 0) is 4.74 Å². The molecule has 0 aliphatic carbocycles. The van der Waals surface area contributed by atoms with Crippen LogP contribution in [0.2, 0.25) is 0 Å². The van der Waals surface area contributed by atoms with E-state index >= 15 is 0 Å². The molecule has 0 saturated carbocycles. The maximum atomic E-state index is 8.40. The Balaban J connectivity index is 2.99. The Kier molecular flexibility index (Phi) is 4.04. The van der Waals surface area contributed by atoms with Crippen molar-refractivity contribution in [2.24, 2.45) is 0 Å². The molecule has 0 rings (SSSR count). The van der Waals surface area contributed by atoms with Crippen LogP contribution in [0.4, 0.5) is 0 Å². The SMILES string of the molecule is CC[C@H](CO)OC. The minimum absolute atomic E-state index is 0.0417. The van der Waals surface area contributed by atoms with E-state index in [9.17, 15) is 0 Å². The average Bonchev–Trinajstić information content (AvgIpc) is 1.72. The Morgan fingerprint density at radius 1 is 1.71 bits per heavy atom. The second kappa shape index (κ2) is 4.09. The van der Waals surface area contributed by atoms with E-state index in [4.69, 9.17) is 9.84 Å². The highest BCUT2D eigenvalue weighted by molar-refractivity contribution is 4.47. The minimum atomic E-state index is 0.0417. The van der Waals surface area contributed by atoms with Gasteiger partial charge in [0.05, 0.1) is 12.7 Å². The lowest BCUT2D eigenvalue weighted by Gasteiger charge is -2.06. The van der Waals surface area contributed by atoms with Crippen LogP contribution < -0.4 is 0 Å². The Morgan fingerprint density at radius 2 is 2.29 bits per heavy atom. The van der Waals surface area contributed by atoms with Gasteiger partial charge in [0.15, 0.2) is 0 Å². The van der Waals surface area contributed by atoms with Gasteiger partial charge in [0.2, 0.25) is 0 Å². The van der Waals surface area contributed by atoms with E-state index in [-0.39, 0.29) is 12.7 Å². The van der Waals surface area contributed by atoms with E-state index in [0.29, 0.717) is 0 Å². The van der Waals surface area contributed by atoms with Crippen molar-refractivity contribution in [3.05, 3.63) is 0 Å². The fourth-order valence-electron chi connectivity index (χ4n) is 0.370. The van der Waals surface area contributed by atoms with Gasteiger partial charge in [0, 0.05) is 7.11 Å². The molecule has 2 heteroatoms. The highest BCUT2D eigenvalue weighted by atomic mass is 16.5. The summed E-state index contributed by atoms with van der Waals surface area (Å²) in [6.45, 7) is 2.11. The maximum Gasteiger partial charge on any atom is 0.0799 e. The summed E-state index contributed by atoms with van der Waals surface area (Å²) >= 11 is 0. The van der Waals surface area contributed by atoms with E-state index in [1.54, 1.807) is 7.11 Å². The van der Waals surface area contributed by atoms with Gasteiger partial charge in [-0.15, -0.1) is 0 Å². The van der Waals surface area contributed by atoms with Crippen molar-refractivity contribution >= 4 is 0 Å². The summed E-state index contributed by atoms with van der Waals surface area (Å²) < 4.78 is 4.80. The van der Waals surface area contributed by atoms with Crippen LogP contribution in [0.5, 0.6) is 0 Å². The molecule has 0 heterocycles. The molecule has 0 fully saturated rings. The largest absolute Gasteiger partial charge is 0.394 e. The van der Waals surface area contributed by atoms with Crippen molar-refractivity contribution < 1.29 is 9.84 Å². The normalized spacial score (nSPS) is 14.1. The van der Waals surface area contributed by atoms with Gasteiger partial charge in [-0.25, -0.2) is 0 Å². The monoisotopic (exact) mass is 104 g/mol. The molecule has 0 aliphatic rings. The smallest absolute Gasteiger partial charge is 0.0799 e. The summed E-state index contributed by atoms with van der Waals surface area (Å²) in [7, 11) is 1.60. The number of ether oxygens (including phenoxy) is 1. The summed E-state index contributed by atoms with van der Waals surface area (Å²) in [4.78, 5) is 0. The minimum Gasteiger partial charge on any atom is -0.394 e. The van der Waals surface area contributed by atoms with Crippen molar-refractivity contribution in [1.29, 1.82) is 0 Å². The number of hydrogen-bond acceptors (Lipinski definition) is 2. The van der Waals surface area contributed by atoms with Crippen LogP contribution in [0.1, 0.15) is 13.3 Å². The molecule has 7 heavy (non-hydrogen) atoms. The molecule has 0 unspecified atom stereocenters. The van der Waals surface area contributed by atoms with Gasteiger partial charge in [0.25, 0.3) is 0 Å². The van der Waals surface area contributed by atoms with Crippen molar-refractivity contribution in [2.45, 2.75) is 19.4 Å². The Labute approximate surface area is 44.1 Å². The molecule has 0 aliphatic heterocycles. The topological polar surface area (TPSA) is 29.5 Å². The number of aliphatic hydroxyl groups excluding tert-OH is 1. The van der Waals surface area contributed by atoms with Crippen molar-refractivity contribution in [1.82, 2.24) is 0 Å². The maximum absolute atomic E-state index is 8.40. The molecule has 1 atom stereocenters. The third-order valence-corrected chi connectivity index (χ3v) is 0.992. The van der Waals surface area contributed by atoms with Crippen molar-refractivity contribution in [3.8, 4) is 0 Å². The summed E-state index contributed by atoms with van der Waals surface area (Å²) in [5, 5.41) is 8.40. The zero-order valence-electron chi connectivity index (χ0n) is 4.85. The van der Waals surface area contributed by atoms with Gasteiger partial charge in [-0.1, -0.05) is 6.92 Å². The lowest BCUT2D eigenvalue weighted by molar-refractivity contribution is 0.0467. The van der Waals surface area contributed by atoms with E-state index in [1.807, 2.05) is 6.92 Å². The van der Waals surface area contributed by atoms with Crippen LogP contribution in [0.3, 0.4) is 0 Å². The van der Waals surface area contributed by atoms with Gasteiger partial charge >= 0.3 is 0 Å². The highest BCUT2D eigenvalue weighted by Gasteiger charge is 1.97. The quantitative estimate of drug-likeness (QED) is 0.561. The first kappa shape index (κ1) is 6.92. The highest BCUT2D eigenvalue weighted by Crippen LogP contribution is 1.91. The lowest BCUT2D eigenvalue weighted by Crippen LogP contribution is -2.13. The first-order valence-corrected chi connectivity index (χ1v) is 2.48. The molecule has 44 valence electrons. The number of rotatable bonds is 3. The van der Waals surface area contributed by atoms with Gasteiger partial charge in [-0.3, -0.25) is 0 Å². The van der Waals surface area contributed by atoms with Gasteiger partial charge in [-0.05, 0) is 6.42 Å². The van der Waals surface area contributed by atoms with Crippen molar-refractivity contribution in [3.63, 3.8) is 0 Å². The Morgan fingerprint density at radius 3 is 2.29 bits per heavy atom. The van der Waals surface area contributed by atoms with E-state index in [0.717, 1.165) is 6.42 Å². The summed E-state index contributed by atoms with van der Waals surface area (Å²) in [6.07, 6.45) is 0.924. The first-order chi connectivity index (χ1) is 3.35. The molecule has 0 aromatic rings. The fraction of sp³-hybridized carbons (Fsp3) is 1.00. The molecule has 2 nitrogen and oxygen atoms in total. The lowest BCUT2D eigenvalue weighted by atomic mass is 10.3. The third-order valence-electron chi connectivity index (χ3n) is 0.992. The van der Waals surface area contributed by atoms with Crippen molar-refractivity contribution in [2.75, 3.05) is 13.7 Å². The standard InChI is InChI=1S/C5H12O2/c1-3-5(4-6)7-2/h5-6H,3-4H2,1-2H3/t5-/m1/s1. The van der Waals surface area contributed by atoms with Crippen LogP contribution in [0.25, 0.3) is 0 Å². The molecule has 0 saturated heterocycles. The Hall–Kier alpha value is -0.0800. The third kappa shape index (κ3) is 2.60. The molecular weight excluding hydrogens is 92.1 g/mol. The van der Waals surface area contributed by atoms with E-state index in [1.165, 1.54) is 0 Å². The predicted molar refractivity (Wildman–Crippen MR) is 28.2 cm³/mol. The molecule has 1 N–H and O–H groups in total. The summed E-state index contributed by atoms with van der Waals surface area (Å²) in [6, 6.07) is 0.